The van der Waals surface area contributed by atoms with Crippen LogP contribution in [0.1, 0.15) is 18.4 Å². The summed E-state index contributed by atoms with van der Waals surface area (Å²) < 4.78 is 0.881. The second-order valence-corrected chi connectivity index (χ2v) is 6.26. The zero-order chi connectivity index (χ0) is 14.2. The fraction of sp³-hybridized carbons (Fsp3) is 0.200. The lowest BCUT2D eigenvalue weighted by molar-refractivity contribution is -0.118. The van der Waals surface area contributed by atoms with Gasteiger partial charge in [0.1, 0.15) is 5.82 Å². The normalized spacial score (nSPS) is 15.7. The van der Waals surface area contributed by atoms with Crippen molar-refractivity contribution in [1.29, 1.82) is 0 Å². The predicted molar refractivity (Wildman–Crippen MR) is 82.9 cm³/mol. The van der Waals surface area contributed by atoms with E-state index in [0.29, 0.717) is 10.8 Å². The maximum atomic E-state index is 12.5. The third-order valence-corrected chi connectivity index (χ3v) is 4.24. The molecule has 1 aromatic carbocycles. The predicted octanol–water partition coefficient (Wildman–Crippen LogP) is 4.17. The molecule has 1 aromatic heterocycles. The molecule has 2 aromatic rings. The molecule has 102 valence electrons. The molecule has 1 saturated carbocycles. The largest absolute Gasteiger partial charge is 0.310 e. The van der Waals surface area contributed by atoms with Crippen LogP contribution in [0.2, 0.25) is 5.02 Å². The average molecular weight is 352 g/mol. The van der Waals surface area contributed by atoms with Crippen molar-refractivity contribution in [2.24, 2.45) is 0 Å². The number of hydrogen-bond donors (Lipinski definition) is 1. The molecule has 1 heterocycles. The number of nitrogens with one attached hydrogen (secondary N) is 1. The summed E-state index contributed by atoms with van der Waals surface area (Å²) >= 11 is 9.33. The highest BCUT2D eigenvalue weighted by atomic mass is 79.9. The minimum Gasteiger partial charge on any atom is -0.310 e. The van der Waals surface area contributed by atoms with Gasteiger partial charge in [0, 0.05) is 15.7 Å². The Kier molecular flexibility index (Phi) is 3.52. The number of amides is 1. The smallest absolute Gasteiger partial charge is 0.236 e. The minimum atomic E-state index is -0.445. The van der Waals surface area contributed by atoms with E-state index in [1.165, 1.54) is 0 Å². The van der Waals surface area contributed by atoms with E-state index >= 15 is 0 Å². The number of anilines is 1. The van der Waals surface area contributed by atoms with Gasteiger partial charge in [0.2, 0.25) is 5.91 Å². The summed E-state index contributed by atoms with van der Waals surface area (Å²) in [6.45, 7) is 0. The fourth-order valence-corrected chi connectivity index (χ4v) is 2.67. The van der Waals surface area contributed by atoms with E-state index in [9.17, 15) is 4.79 Å². The van der Waals surface area contributed by atoms with Crippen molar-refractivity contribution in [1.82, 2.24) is 4.98 Å². The van der Waals surface area contributed by atoms with Crippen molar-refractivity contribution < 1.29 is 4.79 Å². The number of benzene rings is 1. The van der Waals surface area contributed by atoms with E-state index in [-0.39, 0.29) is 5.91 Å². The Morgan fingerprint density at radius 3 is 2.70 bits per heavy atom. The van der Waals surface area contributed by atoms with Gasteiger partial charge in [-0.3, -0.25) is 4.79 Å². The van der Waals surface area contributed by atoms with Gasteiger partial charge in [-0.2, -0.15) is 0 Å². The lowest BCUT2D eigenvalue weighted by Crippen LogP contribution is -2.28. The Bertz CT molecular complexity index is 653. The first-order valence-electron chi connectivity index (χ1n) is 6.29. The van der Waals surface area contributed by atoms with Crippen molar-refractivity contribution >= 4 is 39.3 Å². The van der Waals surface area contributed by atoms with Crippen LogP contribution in [0.25, 0.3) is 0 Å². The number of hydrogen-bond acceptors (Lipinski definition) is 2. The second-order valence-electron chi connectivity index (χ2n) is 4.91. The first kappa shape index (κ1) is 13.6. The maximum absolute atomic E-state index is 12.5. The van der Waals surface area contributed by atoms with Crippen LogP contribution in [0.3, 0.4) is 0 Å². The van der Waals surface area contributed by atoms with Gasteiger partial charge in [-0.15, -0.1) is 0 Å². The zero-order valence-corrected chi connectivity index (χ0v) is 12.9. The van der Waals surface area contributed by atoms with Gasteiger partial charge in [-0.05, 0) is 58.6 Å². The Morgan fingerprint density at radius 2 is 2.10 bits per heavy atom. The maximum Gasteiger partial charge on any atom is 0.236 e. The van der Waals surface area contributed by atoms with Crippen LogP contribution in [0.4, 0.5) is 5.82 Å². The quantitative estimate of drug-likeness (QED) is 0.902. The fourth-order valence-electron chi connectivity index (χ4n) is 2.24. The summed E-state index contributed by atoms with van der Waals surface area (Å²) in [5, 5.41) is 3.53. The van der Waals surface area contributed by atoms with Crippen LogP contribution in [0.15, 0.2) is 47.1 Å². The first-order chi connectivity index (χ1) is 9.60. The molecule has 1 aliphatic carbocycles. The van der Waals surface area contributed by atoms with E-state index in [4.69, 9.17) is 11.6 Å². The van der Waals surface area contributed by atoms with E-state index in [2.05, 4.69) is 26.2 Å². The van der Waals surface area contributed by atoms with Gasteiger partial charge in [0.15, 0.2) is 0 Å². The number of rotatable bonds is 3. The Morgan fingerprint density at radius 1 is 1.30 bits per heavy atom. The molecular formula is C15H12BrClN2O. The Labute approximate surface area is 130 Å². The standard InChI is InChI=1S/C15H12BrClN2O/c16-11-4-5-13(18-9-11)19-14(20)15(6-7-15)10-2-1-3-12(17)8-10/h1-5,8-9H,6-7H2,(H,18,19,20). The highest BCUT2D eigenvalue weighted by Gasteiger charge is 2.51. The topological polar surface area (TPSA) is 42.0 Å². The highest BCUT2D eigenvalue weighted by Crippen LogP contribution is 2.49. The van der Waals surface area contributed by atoms with Crippen LogP contribution in [0, 0.1) is 0 Å². The molecule has 3 rings (SSSR count). The number of aromatic nitrogens is 1. The van der Waals surface area contributed by atoms with Gasteiger partial charge >= 0.3 is 0 Å². The van der Waals surface area contributed by atoms with Crippen LogP contribution in [-0.4, -0.2) is 10.9 Å². The first-order valence-corrected chi connectivity index (χ1v) is 7.46. The van der Waals surface area contributed by atoms with Crippen LogP contribution in [0.5, 0.6) is 0 Å². The van der Waals surface area contributed by atoms with Crippen molar-refractivity contribution in [2.45, 2.75) is 18.3 Å². The molecule has 0 atom stereocenters. The molecule has 1 N–H and O–H groups in total. The Balaban J connectivity index is 1.81. The summed E-state index contributed by atoms with van der Waals surface area (Å²) in [6, 6.07) is 11.1. The number of carbonyl (C=O) groups is 1. The third-order valence-electron chi connectivity index (χ3n) is 3.53. The number of pyridine rings is 1. The molecule has 0 spiro atoms. The molecule has 0 saturated heterocycles. The summed E-state index contributed by atoms with van der Waals surface area (Å²) in [7, 11) is 0. The highest BCUT2D eigenvalue weighted by molar-refractivity contribution is 9.10. The molecule has 0 unspecified atom stereocenters. The summed E-state index contributed by atoms with van der Waals surface area (Å²) in [6.07, 6.45) is 3.35. The summed E-state index contributed by atoms with van der Waals surface area (Å²) in [5.74, 6) is 0.543. The molecule has 1 fully saturated rings. The van der Waals surface area contributed by atoms with E-state index in [1.54, 1.807) is 12.3 Å². The van der Waals surface area contributed by atoms with Crippen LogP contribution >= 0.6 is 27.5 Å². The summed E-state index contributed by atoms with van der Waals surface area (Å²) in [5.41, 5.74) is 0.527. The van der Waals surface area contributed by atoms with E-state index in [1.807, 2.05) is 30.3 Å². The molecule has 1 aliphatic rings. The van der Waals surface area contributed by atoms with Gasteiger partial charge in [-0.25, -0.2) is 4.98 Å². The zero-order valence-electron chi connectivity index (χ0n) is 10.6. The number of carbonyl (C=O) groups excluding carboxylic acids is 1. The molecule has 5 heteroatoms. The molecular weight excluding hydrogens is 340 g/mol. The molecule has 1 amide bonds. The van der Waals surface area contributed by atoms with Gasteiger partial charge < -0.3 is 5.32 Å². The van der Waals surface area contributed by atoms with Gasteiger partial charge in [0.25, 0.3) is 0 Å². The van der Waals surface area contributed by atoms with Crippen molar-refractivity contribution in [3.05, 3.63) is 57.7 Å². The van der Waals surface area contributed by atoms with Crippen molar-refractivity contribution in [2.75, 3.05) is 5.32 Å². The molecule has 0 radical (unpaired) electrons. The van der Waals surface area contributed by atoms with E-state index in [0.717, 1.165) is 22.9 Å². The van der Waals surface area contributed by atoms with Gasteiger partial charge in [-0.1, -0.05) is 23.7 Å². The molecule has 20 heavy (non-hydrogen) atoms. The van der Waals surface area contributed by atoms with E-state index < -0.39 is 5.41 Å². The number of halogens is 2. The average Bonchev–Trinajstić information content (AvgIpc) is 3.23. The molecule has 0 aliphatic heterocycles. The third kappa shape index (κ3) is 2.58. The molecule has 3 nitrogen and oxygen atoms in total. The lowest BCUT2D eigenvalue weighted by Gasteiger charge is -2.15. The number of nitrogens with zero attached hydrogens (tertiary/aromatic N) is 1. The molecule has 0 bridgehead atoms. The Hall–Kier alpha value is -1.39. The second kappa shape index (κ2) is 5.19. The monoisotopic (exact) mass is 350 g/mol. The summed E-state index contributed by atoms with van der Waals surface area (Å²) in [4.78, 5) is 16.7. The minimum absolute atomic E-state index is 0.0189. The lowest BCUT2D eigenvalue weighted by atomic mass is 9.95. The van der Waals surface area contributed by atoms with Gasteiger partial charge in [0.05, 0.1) is 5.41 Å². The van der Waals surface area contributed by atoms with Crippen LogP contribution < -0.4 is 5.32 Å². The van der Waals surface area contributed by atoms with Crippen molar-refractivity contribution in [3.8, 4) is 0 Å². The van der Waals surface area contributed by atoms with Crippen molar-refractivity contribution in [3.63, 3.8) is 0 Å². The SMILES string of the molecule is O=C(Nc1ccc(Br)cn1)C1(c2cccc(Cl)c2)CC1. The van der Waals surface area contributed by atoms with Crippen LogP contribution in [-0.2, 0) is 10.2 Å².